The molecule has 1 aliphatic rings. The fourth-order valence-electron chi connectivity index (χ4n) is 3.35. The van der Waals surface area contributed by atoms with Gasteiger partial charge in [0.15, 0.2) is 4.32 Å². The largest absolute Gasteiger partial charge is 0.488 e. The summed E-state index contributed by atoms with van der Waals surface area (Å²) in [6, 6.07) is 22.1. The van der Waals surface area contributed by atoms with Crippen LogP contribution in [0.15, 0.2) is 71.6 Å². The minimum absolute atomic E-state index is 0.1000. The highest BCUT2D eigenvalue weighted by atomic mass is 32.2. The van der Waals surface area contributed by atoms with Crippen LogP contribution in [-0.4, -0.2) is 10.2 Å². The standard InChI is InChI=1S/C26H23NO2S2/c1-17-9-12-20(13-10-17)16-29-23-7-5-4-6-21(23)15-24-25(28)27(26(30)31-24)22-14-18(2)8-11-19(22)3/h4-15H,16H2,1-3H3. The molecule has 0 N–H and O–H groups in total. The molecule has 4 rings (SSSR count). The van der Waals surface area contributed by atoms with Crippen molar-refractivity contribution in [1.82, 2.24) is 0 Å². The highest BCUT2D eigenvalue weighted by Crippen LogP contribution is 2.38. The maximum atomic E-state index is 13.2. The predicted molar refractivity (Wildman–Crippen MR) is 134 cm³/mol. The van der Waals surface area contributed by atoms with Gasteiger partial charge in [-0.1, -0.05) is 84.1 Å². The maximum Gasteiger partial charge on any atom is 0.270 e. The second-order valence-corrected chi connectivity index (χ2v) is 9.29. The molecule has 0 saturated carbocycles. The number of amides is 1. The third kappa shape index (κ3) is 4.73. The van der Waals surface area contributed by atoms with Crippen LogP contribution in [-0.2, 0) is 11.4 Å². The molecule has 0 bridgehead atoms. The fraction of sp³-hybridized carbons (Fsp3) is 0.154. The van der Waals surface area contributed by atoms with Crippen molar-refractivity contribution in [2.45, 2.75) is 27.4 Å². The number of thiocarbonyl (C=S) groups is 1. The minimum atomic E-state index is -0.1000. The molecule has 3 aromatic rings. The molecule has 0 unspecified atom stereocenters. The lowest BCUT2D eigenvalue weighted by molar-refractivity contribution is -0.113. The average molecular weight is 446 g/mol. The minimum Gasteiger partial charge on any atom is -0.488 e. The van der Waals surface area contributed by atoms with Gasteiger partial charge in [0.25, 0.3) is 5.91 Å². The van der Waals surface area contributed by atoms with Crippen LogP contribution in [0.5, 0.6) is 5.75 Å². The molecule has 5 heteroatoms. The van der Waals surface area contributed by atoms with Crippen LogP contribution >= 0.6 is 24.0 Å². The van der Waals surface area contributed by atoms with Crippen LogP contribution in [0.3, 0.4) is 0 Å². The first-order chi connectivity index (χ1) is 14.9. The molecule has 1 aliphatic heterocycles. The van der Waals surface area contributed by atoms with E-state index >= 15 is 0 Å². The van der Waals surface area contributed by atoms with Gasteiger partial charge in [0.2, 0.25) is 0 Å². The number of para-hydroxylation sites is 1. The van der Waals surface area contributed by atoms with Gasteiger partial charge in [0.05, 0.1) is 10.6 Å². The molecule has 0 spiro atoms. The number of hydrogen-bond acceptors (Lipinski definition) is 4. The SMILES string of the molecule is Cc1ccc(COc2ccccc2C=C2SC(=S)N(c3cc(C)ccc3C)C2=O)cc1. The van der Waals surface area contributed by atoms with Gasteiger partial charge in [-0.05, 0) is 55.7 Å². The lowest BCUT2D eigenvalue weighted by atomic mass is 10.1. The van der Waals surface area contributed by atoms with E-state index in [1.165, 1.54) is 17.3 Å². The Hall–Kier alpha value is -2.89. The normalized spacial score (nSPS) is 15.1. The summed E-state index contributed by atoms with van der Waals surface area (Å²) in [7, 11) is 0. The van der Waals surface area contributed by atoms with Gasteiger partial charge < -0.3 is 4.74 Å². The van der Waals surface area contributed by atoms with E-state index in [-0.39, 0.29) is 5.91 Å². The summed E-state index contributed by atoms with van der Waals surface area (Å²) >= 11 is 6.87. The van der Waals surface area contributed by atoms with Crippen molar-refractivity contribution in [2.75, 3.05) is 4.90 Å². The molecular formula is C26H23NO2S2. The first kappa shape index (κ1) is 21.3. The molecule has 156 valence electrons. The highest BCUT2D eigenvalue weighted by Gasteiger charge is 2.34. The van der Waals surface area contributed by atoms with E-state index in [1.807, 2.05) is 62.4 Å². The topological polar surface area (TPSA) is 29.5 Å². The number of aryl methyl sites for hydroxylation is 3. The van der Waals surface area contributed by atoms with Gasteiger partial charge in [-0.15, -0.1) is 0 Å². The summed E-state index contributed by atoms with van der Waals surface area (Å²) in [6.45, 7) is 6.53. The molecule has 3 aromatic carbocycles. The molecule has 1 saturated heterocycles. The molecule has 1 fully saturated rings. The molecule has 1 amide bonds. The zero-order valence-electron chi connectivity index (χ0n) is 17.7. The van der Waals surface area contributed by atoms with Crippen molar-refractivity contribution in [3.8, 4) is 5.75 Å². The summed E-state index contributed by atoms with van der Waals surface area (Å²) < 4.78 is 6.61. The van der Waals surface area contributed by atoms with E-state index in [0.717, 1.165) is 33.7 Å². The zero-order chi connectivity index (χ0) is 22.0. The Balaban J connectivity index is 1.59. The predicted octanol–water partition coefficient (Wildman–Crippen LogP) is 6.60. The van der Waals surface area contributed by atoms with E-state index in [0.29, 0.717) is 15.8 Å². The van der Waals surface area contributed by atoms with Gasteiger partial charge in [0, 0.05) is 5.56 Å². The van der Waals surface area contributed by atoms with E-state index in [4.69, 9.17) is 17.0 Å². The Bertz CT molecular complexity index is 1180. The Kier molecular flexibility index (Phi) is 6.25. The lowest BCUT2D eigenvalue weighted by Gasteiger charge is -2.17. The van der Waals surface area contributed by atoms with Crippen molar-refractivity contribution in [2.24, 2.45) is 0 Å². The smallest absolute Gasteiger partial charge is 0.270 e. The average Bonchev–Trinajstić information content (AvgIpc) is 3.03. The number of benzene rings is 3. The number of nitrogens with zero attached hydrogens (tertiary/aromatic N) is 1. The summed E-state index contributed by atoms with van der Waals surface area (Å²) in [4.78, 5) is 15.4. The lowest BCUT2D eigenvalue weighted by Crippen LogP contribution is -2.28. The number of rotatable bonds is 5. The second kappa shape index (κ2) is 9.08. The summed E-state index contributed by atoms with van der Waals surface area (Å²) in [6.07, 6.45) is 1.87. The fourth-order valence-corrected chi connectivity index (χ4v) is 4.63. The number of carbonyl (C=O) groups is 1. The van der Waals surface area contributed by atoms with Gasteiger partial charge >= 0.3 is 0 Å². The first-order valence-corrected chi connectivity index (χ1v) is 11.3. The second-order valence-electron chi connectivity index (χ2n) is 7.62. The summed E-state index contributed by atoms with van der Waals surface area (Å²) in [5, 5.41) is 0. The van der Waals surface area contributed by atoms with Crippen molar-refractivity contribution >= 4 is 46.0 Å². The molecule has 0 atom stereocenters. The van der Waals surface area contributed by atoms with Crippen LogP contribution < -0.4 is 9.64 Å². The number of thioether (sulfide) groups is 1. The van der Waals surface area contributed by atoms with Crippen molar-refractivity contribution in [3.05, 3.63) is 99.5 Å². The number of carbonyl (C=O) groups excluding carboxylic acids is 1. The summed E-state index contributed by atoms with van der Waals surface area (Å²) in [5.41, 5.74) is 6.13. The molecular weight excluding hydrogens is 422 g/mol. The third-order valence-electron chi connectivity index (χ3n) is 5.12. The number of ether oxygens (including phenoxy) is 1. The first-order valence-electron chi connectivity index (χ1n) is 10.0. The van der Waals surface area contributed by atoms with E-state index in [1.54, 1.807) is 4.90 Å². The van der Waals surface area contributed by atoms with E-state index in [2.05, 4.69) is 31.2 Å². The van der Waals surface area contributed by atoms with Crippen LogP contribution in [0, 0.1) is 20.8 Å². The van der Waals surface area contributed by atoms with Crippen LogP contribution in [0.2, 0.25) is 0 Å². The molecule has 31 heavy (non-hydrogen) atoms. The molecule has 0 aromatic heterocycles. The number of hydrogen-bond donors (Lipinski definition) is 0. The monoisotopic (exact) mass is 445 g/mol. The molecule has 0 radical (unpaired) electrons. The van der Waals surface area contributed by atoms with Crippen LogP contribution in [0.1, 0.15) is 27.8 Å². The van der Waals surface area contributed by atoms with Gasteiger partial charge in [-0.2, -0.15) is 0 Å². The Morgan fingerprint density at radius 2 is 1.68 bits per heavy atom. The van der Waals surface area contributed by atoms with E-state index < -0.39 is 0 Å². The molecule has 1 heterocycles. The highest BCUT2D eigenvalue weighted by molar-refractivity contribution is 8.27. The Labute approximate surface area is 192 Å². The Morgan fingerprint density at radius 3 is 2.45 bits per heavy atom. The zero-order valence-corrected chi connectivity index (χ0v) is 19.3. The third-order valence-corrected chi connectivity index (χ3v) is 6.42. The van der Waals surface area contributed by atoms with Crippen molar-refractivity contribution < 1.29 is 9.53 Å². The van der Waals surface area contributed by atoms with Crippen molar-refractivity contribution in [3.63, 3.8) is 0 Å². The van der Waals surface area contributed by atoms with Gasteiger partial charge in [-0.25, -0.2) is 0 Å². The van der Waals surface area contributed by atoms with E-state index in [9.17, 15) is 4.79 Å². The van der Waals surface area contributed by atoms with Crippen molar-refractivity contribution in [1.29, 1.82) is 0 Å². The summed E-state index contributed by atoms with van der Waals surface area (Å²) in [5.74, 6) is 0.636. The molecule has 3 nitrogen and oxygen atoms in total. The Morgan fingerprint density at radius 1 is 0.968 bits per heavy atom. The quantitative estimate of drug-likeness (QED) is 0.327. The maximum absolute atomic E-state index is 13.2. The van der Waals surface area contributed by atoms with Crippen LogP contribution in [0.25, 0.3) is 6.08 Å². The van der Waals surface area contributed by atoms with Gasteiger partial charge in [-0.3, -0.25) is 9.69 Å². The number of anilines is 1. The molecule has 0 aliphatic carbocycles. The van der Waals surface area contributed by atoms with Gasteiger partial charge in [0.1, 0.15) is 12.4 Å². The van der Waals surface area contributed by atoms with Crippen LogP contribution in [0.4, 0.5) is 5.69 Å².